The molecule has 0 aliphatic carbocycles. The van der Waals surface area contributed by atoms with E-state index in [9.17, 15) is 0 Å². The average Bonchev–Trinajstić information content (AvgIpc) is 2.70. The first kappa shape index (κ1) is 17.2. The van der Waals surface area contributed by atoms with Crippen LogP contribution in [0.2, 0.25) is 0 Å². The Hall–Kier alpha value is -2.25. The molecule has 0 nitrogen and oxygen atoms in total. The molecular weight excluding hydrogens is 332 g/mol. The van der Waals surface area contributed by atoms with Crippen molar-refractivity contribution in [2.75, 3.05) is 12.0 Å². The molecule has 1 atom stereocenters. The standard InChI is InChI=1S/C25H25S/c1-3-4-16-26(2)22-13-9-12-21(18-22)25-23-14-7-5-10-19(23)17-20-11-6-8-15-24(20)25/h5-15,17-18H,3-4,16H2,1-2H3/q+1. The normalized spacial score (nSPS) is 12.5. The van der Waals surface area contributed by atoms with Gasteiger partial charge in [0.15, 0.2) is 4.90 Å². The Balaban J connectivity index is 1.93. The molecule has 0 amide bonds. The average molecular weight is 358 g/mol. The smallest absolute Gasteiger partial charge is 0.0652 e. The molecule has 4 aromatic carbocycles. The molecule has 4 aromatic rings. The van der Waals surface area contributed by atoms with Crippen molar-refractivity contribution in [1.29, 1.82) is 0 Å². The summed E-state index contributed by atoms with van der Waals surface area (Å²) in [6, 6.07) is 29.1. The lowest BCUT2D eigenvalue weighted by Crippen LogP contribution is -2.05. The van der Waals surface area contributed by atoms with Gasteiger partial charge in [-0.3, -0.25) is 0 Å². The number of hydrogen-bond donors (Lipinski definition) is 0. The highest BCUT2D eigenvalue weighted by Gasteiger charge is 2.17. The van der Waals surface area contributed by atoms with Crippen molar-refractivity contribution < 1.29 is 0 Å². The molecule has 0 N–H and O–H groups in total. The van der Waals surface area contributed by atoms with Crippen LogP contribution in [0.4, 0.5) is 0 Å². The van der Waals surface area contributed by atoms with E-state index in [1.165, 1.54) is 56.2 Å². The van der Waals surface area contributed by atoms with Gasteiger partial charge < -0.3 is 0 Å². The van der Waals surface area contributed by atoms with E-state index in [-0.39, 0.29) is 0 Å². The molecule has 0 aromatic heterocycles. The van der Waals surface area contributed by atoms with Gasteiger partial charge in [0.2, 0.25) is 0 Å². The lowest BCUT2D eigenvalue weighted by molar-refractivity contribution is 0.893. The van der Waals surface area contributed by atoms with Crippen LogP contribution in [-0.4, -0.2) is 12.0 Å². The fourth-order valence-electron chi connectivity index (χ4n) is 3.67. The van der Waals surface area contributed by atoms with Crippen molar-refractivity contribution >= 4 is 32.4 Å². The minimum absolute atomic E-state index is 0.315. The van der Waals surface area contributed by atoms with E-state index < -0.39 is 0 Å². The zero-order chi connectivity index (χ0) is 17.9. The van der Waals surface area contributed by atoms with Gasteiger partial charge in [0.1, 0.15) is 12.0 Å². The van der Waals surface area contributed by atoms with Gasteiger partial charge in [-0.1, -0.05) is 74.0 Å². The largest absolute Gasteiger partial charge is 0.155 e. The summed E-state index contributed by atoms with van der Waals surface area (Å²) in [5, 5.41) is 5.31. The molecule has 0 aliphatic heterocycles. The van der Waals surface area contributed by atoms with Gasteiger partial charge in [-0.2, -0.15) is 0 Å². The van der Waals surface area contributed by atoms with E-state index in [0.717, 1.165) is 0 Å². The second-order valence-corrected chi connectivity index (χ2v) is 9.07. The van der Waals surface area contributed by atoms with E-state index in [1.807, 2.05) is 0 Å². The maximum Gasteiger partial charge on any atom is 0.155 e. The Morgan fingerprint density at radius 2 is 1.38 bits per heavy atom. The molecule has 0 heterocycles. The van der Waals surface area contributed by atoms with Gasteiger partial charge in [0.05, 0.1) is 0 Å². The lowest BCUT2D eigenvalue weighted by Gasteiger charge is -2.13. The maximum absolute atomic E-state index is 2.42. The molecule has 0 spiro atoms. The third kappa shape index (κ3) is 3.24. The van der Waals surface area contributed by atoms with Crippen molar-refractivity contribution in [1.82, 2.24) is 0 Å². The van der Waals surface area contributed by atoms with Gasteiger partial charge in [-0.15, -0.1) is 0 Å². The third-order valence-electron chi connectivity index (χ3n) is 5.10. The molecule has 0 saturated heterocycles. The van der Waals surface area contributed by atoms with Crippen LogP contribution in [0.5, 0.6) is 0 Å². The molecule has 0 bridgehead atoms. The van der Waals surface area contributed by atoms with Crippen molar-refractivity contribution in [3.63, 3.8) is 0 Å². The van der Waals surface area contributed by atoms with Crippen LogP contribution in [0.1, 0.15) is 19.8 Å². The summed E-state index contributed by atoms with van der Waals surface area (Å²) in [5.74, 6) is 1.29. The Bertz CT molecular complexity index is 994. The topological polar surface area (TPSA) is 0 Å². The van der Waals surface area contributed by atoms with Gasteiger partial charge in [0.25, 0.3) is 0 Å². The first-order valence-electron chi connectivity index (χ1n) is 9.41. The van der Waals surface area contributed by atoms with Crippen LogP contribution in [0, 0.1) is 0 Å². The predicted molar refractivity (Wildman–Crippen MR) is 118 cm³/mol. The molecule has 1 unspecified atom stereocenters. The van der Waals surface area contributed by atoms with Crippen molar-refractivity contribution in [2.45, 2.75) is 24.7 Å². The second-order valence-electron chi connectivity index (χ2n) is 6.92. The van der Waals surface area contributed by atoms with E-state index >= 15 is 0 Å². The quantitative estimate of drug-likeness (QED) is 0.265. The summed E-state index contributed by atoms with van der Waals surface area (Å²) in [6.07, 6.45) is 4.96. The fraction of sp³-hybridized carbons (Fsp3) is 0.200. The van der Waals surface area contributed by atoms with Crippen LogP contribution >= 0.6 is 0 Å². The molecule has 26 heavy (non-hydrogen) atoms. The van der Waals surface area contributed by atoms with Gasteiger partial charge in [0, 0.05) is 17.0 Å². The summed E-state index contributed by atoms with van der Waals surface area (Å²) in [4.78, 5) is 1.48. The number of hydrogen-bond acceptors (Lipinski definition) is 0. The van der Waals surface area contributed by atoms with Gasteiger partial charge in [-0.05, 0) is 51.2 Å². The first-order chi connectivity index (χ1) is 12.8. The van der Waals surface area contributed by atoms with Crippen LogP contribution in [0.15, 0.2) is 83.8 Å². The second kappa shape index (κ2) is 7.55. The van der Waals surface area contributed by atoms with E-state index in [0.29, 0.717) is 10.9 Å². The zero-order valence-electron chi connectivity index (χ0n) is 15.5. The van der Waals surface area contributed by atoms with Crippen LogP contribution < -0.4 is 0 Å². The van der Waals surface area contributed by atoms with Crippen LogP contribution in [0.25, 0.3) is 32.7 Å². The summed E-state index contributed by atoms with van der Waals surface area (Å²) < 4.78 is 0. The van der Waals surface area contributed by atoms with Gasteiger partial charge in [-0.25, -0.2) is 0 Å². The minimum Gasteiger partial charge on any atom is -0.0652 e. The lowest BCUT2D eigenvalue weighted by atomic mass is 9.92. The minimum atomic E-state index is 0.315. The first-order valence-corrected chi connectivity index (χ1v) is 11.2. The Morgan fingerprint density at radius 1 is 0.731 bits per heavy atom. The van der Waals surface area contributed by atoms with Crippen LogP contribution in [0.3, 0.4) is 0 Å². The van der Waals surface area contributed by atoms with E-state index in [2.05, 4.69) is 92.0 Å². The van der Waals surface area contributed by atoms with Crippen molar-refractivity contribution in [3.8, 4) is 11.1 Å². The highest BCUT2D eigenvalue weighted by Crippen LogP contribution is 2.37. The number of benzene rings is 4. The van der Waals surface area contributed by atoms with Gasteiger partial charge >= 0.3 is 0 Å². The number of fused-ring (bicyclic) bond motifs is 2. The monoisotopic (exact) mass is 357 g/mol. The summed E-state index contributed by atoms with van der Waals surface area (Å²) in [7, 11) is 0.315. The van der Waals surface area contributed by atoms with E-state index in [1.54, 1.807) is 0 Å². The fourth-order valence-corrected chi connectivity index (χ4v) is 5.27. The maximum atomic E-state index is 2.42. The molecule has 0 radical (unpaired) electrons. The summed E-state index contributed by atoms with van der Waals surface area (Å²) in [6.45, 7) is 2.27. The molecule has 1 heteroatoms. The molecule has 0 saturated carbocycles. The predicted octanol–water partition coefficient (Wildman–Crippen LogP) is 7.07. The van der Waals surface area contributed by atoms with Crippen molar-refractivity contribution in [2.24, 2.45) is 0 Å². The summed E-state index contributed by atoms with van der Waals surface area (Å²) >= 11 is 0. The number of rotatable bonds is 5. The molecule has 0 fully saturated rings. The highest BCUT2D eigenvalue weighted by molar-refractivity contribution is 7.96. The number of unbranched alkanes of at least 4 members (excludes halogenated alkanes) is 1. The Labute approximate surface area is 159 Å². The SMILES string of the molecule is CCCC[S+](C)c1cccc(-c2c3ccccc3cc3ccccc23)c1. The summed E-state index contributed by atoms with van der Waals surface area (Å²) in [5.41, 5.74) is 2.71. The van der Waals surface area contributed by atoms with Crippen molar-refractivity contribution in [3.05, 3.63) is 78.9 Å². The molecule has 130 valence electrons. The molecule has 0 aliphatic rings. The Morgan fingerprint density at radius 3 is 2.04 bits per heavy atom. The Kier molecular flexibility index (Phi) is 4.99. The molecular formula is C25H25S+. The zero-order valence-corrected chi connectivity index (χ0v) is 16.4. The van der Waals surface area contributed by atoms with Crippen LogP contribution in [-0.2, 0) is 10.9 Å². The highest BCUT2D eigenvalue weighted by atomic mass is 32.2. The van der Waals surface area contributed by atoms with E-state index in [4.69, 9.17) is 0 Å². The molecule has 4 rings (SSSR count). The third-order valence-corrected chi connectivity index (χ3v) is 7.06.